The summed E-state index contributed by atoms with van der Waals surface area (Å²) in [4.78, 5) is 16.0. The molecule has 0 aliphatic carbocycles. The molecule has 288 valence electrons. The fraction of sp³-hybridized carbons (Fsp3) is 0. The number of nitrogens with zero attached hydrogens (tertiary/aromatic N) is 4. The average Bonchev–Trinajstić information content (AvgIpc) is 3.89. The molecule has 0 spiro atoms. The molecule has 13 rings (SSSR count). The maximum atomic E-state index is 5.42. The van der Waals surface area contributed by atoms with Gasteiger partial charge in [0, 0.05) is 53.3 Å². The van der Waals surface area contributed by atoms with Crippen LogP contribution in [0, 0.1) is 0 Å². The smallest absolute Gasteiger partial charge is 0.164 e. The minimum atomic E-state index is 0.623. The van der Waals surface area contributed by atoms with E-state index >= 15 is 0 Å². The normalized spacial score (nSPS) is 11.9. The zero-order valence-corrected chi connectivity index (χ0v) is 34.1. The third kappa shape index (κ3) is 5.42. The topological polar surface area (TPSA) is 43.6 Å². The monoisotopic (exact) mass is 806 g/mol. The van der Waals surface area contributed by atoms with Crippen LogP contribution in [0.4, 0.5) is 0 Å². The highest BCUT2D eigenvalue weighted by molar-refractivity contribution is 7.26. The molecule has 13 aromatic rings. The van der Waals surface area contributed by atoms with Crippen LogP contribution < -0.4 is 0 Å². The van der Waals surface area contributed by atoms with Gasteiger partial charge in [-0.15, -0.1) is 11.3 Å². The van der Waals surface area contributed by atoms with Crippen LogP contribution in [0.5, 0.6) is 0 Å². The van der Waals surface area contributed by atoms with Gasteiger partial charge in [0.2, 0.25) is 0 Å². The highest BCUT2D eigenvalue weighted by Crippen LogP contribution is 2.46. The number of benzene rings is 10. The van der Waals surface area contributed by atoms with Crippen molar-refractivity contribution >= 4 is 85.6 Å². The largest absolute Gasteiger partial charge is 0.309 e. The van der Waals surface area contributed by atoms with Crippen molar-refractivity contribution in [1.82, 2.24) is 19.5 Å². The van der Waals surface area contributed by atoms with E-state index < -0.39 is 0 Å². The van der Waals surface area contributed by atoms with Crippen LogP contribution in [0.15, 0.2) is 206 Å². The molecule has 0 aliphatic rings. The van der Waals surface area contributed by atoms with E-state index in [0.29, 0.717) is 17.5 Å². The summed E-state index contributed by atoms with van der Waals surface area (Å²) < 4.78 is 4.93. The minimum absolute atomic E-state index is 0.623. The number of hydrogen-bond donors (Lipinski definition) is 0. The predicted octanol–water partition coefficient (Wildman–Crippen LogP) is 15.5. The molecular formula is C57H34N4S. The lowest BCUT2D eigenvalue weighted by molar-refractivity contribution is 1.08. The van der Waals surface area contributed by atoms with E-state index in [4.69, 9.17) is 15.0 Å². The van der Waals surface area contributed by atoms with Crippen LogP contribution >= 0.6 is 11.3 Å². The second-order valence-corrected chi connectivity index (χ2v) is 17.0. The van der Waals surface area contributed by atoms with E-state index in [1.54, 1.807) is 0 Å². The molecule has 4 nitrogen and oxygen atoms in total. The lowest BCUT2D eigenvalue weighted by Crippen LogP contribution is -2.02. The number of hydrogen-bond acceptors (Lipinski definition) is 4. The quantitative estimate of drug-likeness (QED) is 0.174. The zero-order valence-electron chi connectivity index (χ0n) is 33.3. The van der Waals surface area contributed by atoms with Crippen LogP contribution in [0.25, 0.3) is 125 Å². The molecule has 62 heavy (non-hydrogen) atoms. The molecule has 0 radical (unpaired) electrons. The summed E-state index contributed by atoms with van der Waals surface area (Å²) in [5.74, 6) is 1.89. The number of fused-ring (bicyclic) bond motifs is 10. The molecule has 0 atom stereocenters. The number of para-hydroxylation sites is 1. The summed E-state index contributed by atoms with van der Waals surface area (Å²) in [5.41, 5.74) is 8.43. The molecule has 5 heteroatoms. The molecule has 0 saturated carbocycles. The van der Waals surface area contributed by atoms with Gasteiger partial charge in [-0.25, -0.2) is 15.0 Å². The average molecular weight is 807 g/mol. The summed E-state index contributed by atoms with van der Waals surface area (Å²) in [6.07, 6.45) is 0. The van der Waals surface area contributed by atoms with Gasteiger partial charge in [0.05, 0.1) is 11.0 Å². The standard InChI is InChI=1S/C57H34N4S/c1-2-16-37(17-3-1)55-58-56(45-25-12-20-35-14-6-8-21-41(35)45)60-57(59-55)46-30-29-40(61-49-26-11-10-23-43(49)48-32-38-18-4-5-19-39(38)33-50(48)61)34-47(46)44-24-13-27-51-54(44)53-42-22-9-7-15-36(42)28-31-52(53)62-51/h1-34H. The van der Waals surface area contributed by atoms with Crippen molar-refractivity contribution in [1.29, 1.82) is 0 Å². The second kappa shape index (κ2) is 13.8. The van der Waals surface area contributed by atoms with Crippen LogP contribution in [-0.4, -0.2) is 19.5 Å². The van der Waals surface area contributed by atoms with Gasteiger partial charge >= 0.3 is 0 Å². The van der Waals surface area contributed by atoms with E-state index in [1.807, 2.05) is 29.5 Å². The van der Waals surface area contributed by atoms with Crippen LogP contribution in [-0.2, 0) is 0 Å². The van der Waals surface area contributed by atoms with Crippen molar-refractivity contribution in [2.75, 3.05) is 0 Å². The maximum Gasteiger partial charge on any atom is 0.164 e. The molecule has 3 aromatic heterocycles. The lowest BCUT2D eigenvalue weighted by Gasteiger charge is -2.17. The Bertz CT molecular complexity index is 3930. The number of rotatable bonds is 5. The minimum Gasteiger partial charge on any atom is -0.309 e. The molecular weight excluding hydrogens is 773 g/mol. The molecule has 0 saturated heterocycles. The molecule has 0 unspecified atom stereocenters. The van der Waals surface area contributed by atoms with E-state index in [9.17, 15) is 0 Å². The Hall–Kier alpha value is -7.99. The first-order valence-electron chi connectivity index (χ1n) is 20.9. The first-order valence-corrected chi connectivity index (χ1v) is 21.7. The number of aromatic nitrogens is 4. The van der Waals surface area contributed by atoms with Crippen molar-refractivity contribution in [3.8, 4) is 51.0 Å². The highest BCUT2D eigenvalue weighted by Gasteiger charge is 2.22. The summed E-state index contributed by atoms with van der Waals surface area (Å²) in [7, 11) is 0. The Kier molecular flexibility index (Phi) is 7.74. The Morgan fingerprint density at radius 2 is 0.935 bits per heavy atom. The van der Waals surface area contributed by atoms with Crippen LogP contribution in [0.1, 0.15) is 0 Å². The van der Waals surface area contributed by atoms with Gasteiger partial charge in [0.1, 0.15) is 0 Å². The van der Waals surface area contributed by atoms with E-state index in [1.165, 1.54) is 58.0 Å². The Morgan fingerprint density at radius 3 is 1.77 bits per heavy atom. The third-order valence-electron chi connectivity index (χ3n) is 12.4. The second-order valence-electron chi connectivity index (χ2n) is 15.9. The van der Waals surface area contributed by atoms with E-state index in [0.717, 1.165) is 49.8 Å². The zero-order chi connectivity index (χ0) is 40.7. The van der Waals surface area contributed by atoms with Crippen LogP contribution in [0.3, 0.4) is 0 Å². The molecule has 0 bridgehead atoms. The summed E-state index contributed by atoms with van der Waals surface area (Å²) in [6.45, 7) is 0. The van der Waals surface area contributed by atoms with Gasteiger partial charge < -0.3 is 4.57 Å². The van der Waals surface area contributed by atoms with Gasteiger partial charge in [-0.2, -0.15) is 0 Å². The van der Waals surface area contributed by atoms with Gasteiger partial charge in [-0.1, -0.05) is 158 Å². The van der Waals surface area contributed by atoms with Gasteiger partial charge in [0.15, 0.2) is 17.5 Å². The molecule has 0 amide bonds. The van der Waals surface area contributed by atoms with Crippen molar-refractivity contribution in [2.24, 2.45) is 0 Å². The maximum absolute atomic E-state index is 5.42. The predicted molar refractivity (Wildman–Crippen MR) is 261 cm³/mol. The lowest BCUT2D eigenvalue weighted by atomic mass is 9.93. The van der Waals surface area contributed by atoms with Crippen LogP contribution in [0.2, 0.25) is 0 Å². The third-order valence-corrected chi connectivity index (χ3v) is 13.5. The highest BCUT2D eigenvalue weighted by atomic mass is 32.1. The molecule has 3 heterocycles. The van der Waals surface area contributed by atoms with Crippen molar-refractivity contribution in [3.05, 3.63) is 206 Å². The molecule has 0 aliphatic heterocycles. The fourth-order valence-electron chi connectivity index (χ4n) is 9.59. The van der Waals surface area contributed by atoms with E-state index in [-0.39, 0.29) is 0 Å². The molecule has 0 N–H and O–H groups in total. The van der Waals surface area contributed by atoms with Gasteiger partial charge in [-0.3, -0.25) is 0 Å². The fourth-order valence-corrected chi connectivity index (χ4v) is 10.7. The van der Waals surface area contributed by atoms with Crippen molar-refractivity contribution < 1.29 is 0 Å². The molecule has 10 aromatic carbocycles. The molecule has 0 fully saturated rings. The summed E-state index contributed by atoms with van der Waals surface area (Å²) >= 11 is 1.85. The van der Waals surface area contributed by atoms with Crippen molar-refractivity contribution in [2.45, 2.75) is 0 Å². The SMILES string of the molecule is c1ccc(-c2nc(-c3ccc(-n4c5ccccc5c5cc6ccccc6cc54)cc3-c3cccc4sc5ccc6ccccc6c5c34)nc(-c3cccc4ccccc34)n2)cc1. The Labute approximate surface area is 360 Å². The van der Waals surface area contributed by atoms with E-state index in [2.05, 4.69) is 193 Å². The first kappa shape index (κ1) is 34.8. The van der Waals surface area contributed by atoms with Gasteiger partial charge in [0.25, 0.3) is 0 Å². The summed E-state index contributed by atoms with van der Waals surface area (Å²) in [5, 5.41) is 12.1. The number of thiophene rings is 1. The first-order chi connectivity index (χ1) is 30.7. The van der Waals surface area contributed by atoms with Gasteiger partial charge in [-0.05, 0) is 92.0 Å². The van der Waals surface area contributed by atoms with Crippen molar-refractivity contribution in [3.63, 3.8) is 0 Å². The Balaban J connectivity index is 1.15. The Morgan fingerprint density at radius 1 is 0.323 bits per heavy atom. The summed E-state index contributed by atoms with van der Waals surface area (Å²) in [6, 6.07) is 74.0.